The van der Waals surface area contributed by atoms with Crippen LogP contribution < -0.4 is 9.46 Å². The molecule has 0 aliphatic carbocycles. The molecule has 1 heterocycles. The van der Waals surface area contributed by atoms with E-state index in [1.807, 2.05) is 22.9 Å². The van der Waals surface area contributed by atoms with Crippen LogP contribution in [0.2, 0.25) is 0 Å². The van der Waals surface area contributed by atoms with Crippen LogP contribution in [0.3, 0.4) is 0 Å². The highest BCUT2D eigenvalue weighted by molar-refractivity contribution is 7.90. The minimum absolute atomic E-state index is 0.180. The van der Waals surface area contributed by atoms with Crippen molar-refractivity contribution in [2.45, 2.75) is 36.7 Å². The number of nitrogens with one attached hydrogen (secondary N) is 1. The van der Waals surface area contributed by atoms with Gasteiger partial charge in [0.05, 0.1) is 4.90 Å². The van der Waals surface area contributed by atoms with Crippen molar-refractivity contribution < 1.29 is 22.3 Å². The molecule has 0 bridgehead atoms. The van der Waals surface area contributed by atoms with Crippen LogP contribution >= 0.6 is 0 Å². The first-order chi connectivity index (χ1) is 14.7. The average Bonchev–Trinajstić information content (AvgIpc) is 2.74. The topological polar surface area (TPSA) is 72.5 Å². The van der Waals surface area contributed by atoms with Crippen LogP contribution in [0.1, 0.15) is 34.8 Å². The first kappa shape index (κ1) is 21.1. The minimum atomic E-state index is -4.10. The molecule has 1 amide bonds. The average molecular weight is 440 g/mol. The summed E-state index contributed by atoms with van der Waals surface area (Å²) in [5.41, 5.74) is 1.91. The van der Waals surface area contributed by atoms with Crippen molar-refractivity contribution in [2.24, 2.45) is 0 Å². The lowest BCUT2D eigenvalue weighted by molar-refractivity contribution is 0.0654. The Bertz CT molecular complexity index is 1210. The van der Waals surface area contributed by atoms with Crippen molar-refractivity contribution in [3.63, 3.8) is 0 Å². The molecule has 160 valence electrons. The van der Waals surface area contributed by atoms with Gasteiger partial charge in [-0.2, -0.15) is 0 Å². The van der Waals surface area contributed by atoms with E-state index in [1.165, 1.54) is 5.56 Å². The predicted molar refractivity (Wildman–Crippen MR) is 115 cm³/mol. The molecule has 5 nitrogen and oxygen atoms in total. The second-order valence-electron chi connectivity index (χ2n) is 7.93. The summed E-state index contributed by atoms with van der Waals surface area (Å²) in [7, 11) is -4.10. The number of carbonyl (C=O) groups excluding carboxylic acids is 1. The van der Waals surface area contributed by atoms with Crippen LogP contribution in [0.15, 0.2) is 77.7 Å². The third-order valence-electron chi connectivity index (χ3n) is 5.37. The van der Waals surface area contributed by atoms with Crippen LogP contribution in [-0.4, -0.2) is 19.9 Å². The van der Waals surface area contributed by atoms with Gasteiger partial charge in [-0.3, -0.25) is 4.79 Å². The molecule has 1 N–H and O–H groups in total. The van der Waals surface area contributed by atoms with Gasteiger partial charge < -0.3 is 4.74 Å². The molecule has 0 fully saturated rings. The second kappa shape index (κ2) is 8.15. The number of sulfonamides is 1. The van der Waals surface area contributed by atoms with E-state index in [4.69, 9.17) is 4.74 Å². The molecule has 0 aromatic heterocycles. The van der Waals surface area contributed by atoms with Gasteiger partial charge in [-0.25, -0.2) is 17.5 Å². The number of hydrogen-bond donors (Lipinski definition) is 1. The molecule has 0 spiro atoms. The molecule has 1 aliphatic rings. The van der Waals surface area contributed by atoms with E-state index in [0.717, 1.165) is 42.7 Å². The molecule has 4 rings (SSSR count). The van der Waals surface area contributed by atoms with Crippen LogP contribution in [0.4, 0.5) is 4.39 Å². The zero-order valence-corrected chi connectivity index (χ0v) is 17.8. The van der Waals surface area contributed by atoms with E-state index in [9.17, 15) is 17.6 Å². The quantitative estimate of drug-likeness (QED) is 0.644. The molecule has 31 heavy (non-hydrogen) atoms. The monoisotopic (exact) mass is 439 g/mol. The zero-order chi connectivity index (χ0) is 22.1. The van der Waals surface area contributed by atoms with Gasteiger partial charge in [-0.15, -0.1) is 0 Å². The summed E-state index contributed by atoms with van der Waals surface area (Å²) in [6.45, 7) is 2.07. The number of aryl methyl sites for hydroxylation is 1. The number of amides is 1. The van der Waals surface area contributed by atoms with Gasteiger partial charge in [0.1, 0.15) is 17.2 Å². The summed E-state index contributed by atoms with van der Waals surface area (Å²) in [5.74, 6) is -0.605. The molecule has 0 saturated heterocycles. The van der Waals surface area contributed by atoms with Crippen molar-refractivity contribution in [3.8, 4) is 5.75 Å². The normalized spacial score (nSPS) is 18.0. The standard InChI is InChI=1S/C24H22FNO4S/c1-24(16-17-5-3-2-4-6-17)14-13-18-15-19(7-12-22(18)30-24)23(27)26-31(28,29)21-10-8-20(25)9-11-21/h2-12,15H,13-14,16H2,1H3,(H,26,27)/t24-/m0/s1. The first-order valence-electron chi connectivity index (χ1n) is 9.93. The summed E-state index contributed by atoms with van der Waals surface area (Å²) in [5, 5.41) is 0. The number of carbonyl (C=O) groups is 1. The molecule has 0 saturated carbocycles. The Kier molecular flexibility index (Phi) is 5.54. The van der Waals surface area contributed by atoms with Crippen LogP contribution in [0, 0.1) is 5.82 Å². The van der Waals surface area contributed by atoms with E-state index in [1.54, 1.807) is 18.2 Å². The maximum Gasteiger partial charge on any atom is 0.265 e. The second-order valence-corrected chi connectivity index (χ2v) is 9.61. The molecule has 0 radical (unpaired) electrons. The molecule has 0 unspecified atom stereocenters. The Balaban J connectivity index is 1.49. The van der Waals surface area contributed by atoms with Crippen molar-refractivity contribution in [2.75, 3.05) is 0 Å². The lowest BCUT2D eigenvalue weighted by Crippen LogP contribution is -2.38. The van der Waals surface area contributed by atoms with Crippen LogP contribution in [-0.2, 0) is 22.9 Å². The molecular weight excluding hydrogens is 417 g/mol. The molecule has 7 heteroatoms. The summed E-state index contributed by atoms with van der Waals surface area (Å²) in [6, 6.07) is 19.3. The summed E-state index contributed by atoms with van der Waals surface area (Å²) in [6.07, 6.45) is 2.25. The fourth-order valence-electron chi connectivity index (χ4n) is 3.74. The maximum atomic E-state index is 13.0. The van der Waals surface area contributed by atoms with Crippen molar-refractivity contribution in [3.05, 3.63) is 95.3 Å². The number of benzene rings is 3. The number of ether oxygens (including phenoxy) is 1. The minimum Gasteiger partial charge on any atom is -0.487 e. The highest BCUT2D eigenvalue weighted by Gasteiger charge is 2.32. The van der Waals surface area contributed by atoms with Crippen molar-refractivity contribution >= 4 is 15.9 Å². The highest BCUT2D eigenvalue weighted by atomic mass is 32.2. The molecule has 3 aromatic carbocycles. The van der Waals surface area contributed by atoms with Gasteiger partial charge in [0.15, 0.2) is 0 Å². The third kappa shape index (κ3) is 4.77. The third-order valence-corrected chi connectivity index (χ3v) is 6.72. The first-order valence-corrected chi connectivity index (χ1v) is 11.4. The Morgan fingerprint density at radius 1 is 1.06 bits per heavy atom. The lowest BCUT2D eigenvalue weighted by Gasteiger charge is -2.36. The number of halogens is 1. The molecule has 3 aromatic rings. The number of hydrogen-bond acceptors (Lipinski definition) is 4. The highest BCUT2D eigenvalue weighted by Crippen LogP contribution is 2.35. The fraction of sp³-hybridized carbons (Fsp3) is 0.208. The van der Waals surface area contributed by atoms with Gasteiger partial charge in [-0.1, -0.05) is 30.3 Å². The van der Waals surface area contributed by atoms with Crippen molar-refractivity contribution in [1.82, 2.24) is 4.72 Å². The summed E-state index contributed by atoms with van der Waals surface area (Å²) >= 11 is 0. The number of fused-ring (bicyclic) bond motifs is 1. The van der Waals surface area contributed by atoms with Gasteiger partial charge in [-0.05, 0) is 73.4 Å². The van der Waals surface area contributed by atoms with E-state index in [-0.39, 0.29) is 16.1 Å². The Morgan fingerprint density at radius 3 is 2.48 bits per heavy atom. The summed E-state index contributed by atoms with van der Waals surface area (Å²) in [4.78, 5) is 12.4. The lowest BCUT2D eigenvalue weighted by atomic mass is 9.87. The Hall–Kier alpha value is -3.19. The van der Waals surface area contributed by atoms with Gasteiger partial charge in [0.25, 0.3) is 15.9 Å². The molecular formula is C24H22FNO4S. The van der Waals surface area contributed by atoms with Crippen molar-refractivity contribution in [1.29, 1.82) is 0 Å². The van der Waals surface area contributed by atoms with Gasteiger partial charge >= 0.3 is 0 Å². The SMILES string of the molecule is C[C@@]1(Cc2ccccc2)CCc2cc(C(=O)NS(=O)(=O)c3ccc(F)cc3)ccc2O1. The van der Waals surface area contributed by atoms with E-state index >= 15 is 0 Å². The van der Waals surface area contributed by atoms with Crippen LogP contribution in [0.5, 0.6) is 5.75 Å². The molecule has 1 atom stereocenters. The maximum absolute atomic E-state index is 13.0. The van der Waals surface area contributed by atoms with Gasteiger partial charge in [0.2, 0.25) is 0 Å². The zero-order valence-electron chi connectivity index (χ0n) is 17.0. The largest absolute Gasteiger partial charge is 0.487 e. The van der Waals surface area contributed by atoms with Gasteiger partial charge in [0, 0.05) is 12.0 Å². The van der Waals surface area contributed by atoms with E-state index < -0.39 is 21.7 Å². The molecule has 1 aliphatic heterocycles. The predicted octanol–water partition coefficient (Wildman–Crippen LogP) is 4.27. The van der Waals surface area contributed by atoms with E-state index in [0.29, 0.717) is 12.2 Å². The Morgan fingerprint density at radius 2 is 1.77 bits per heavy atom. The smallest absolute Gasteiger partial charge is 0.265 e. The number of rotatable bonds is 5. The van der Waals surface area contributed by atoms with Crippen LogP contribution in [0.25, 0.3) is 0 Å². The fourth-order valence-corrected chi connectivity index (χ4v) is 4.71. The Labute approximate surface area is 180 Å². The van der Waals surface area contributed by atoms with E-state index in [2.05, 4.69) is 19.1 Å². The summed E-state index contributed by atoms with van der Waals surface area (Å²) < 4.78 is 46.1.